The van der Waals surface area contributed by atoms with Gasteiger partial charge in [0, 0.05) is 67.7 Å². The number of phenolic OH excluding ortho intramolecular Hbond substituents is 1. The second-order valence-corrected chi connectivity index (χ2v) is 14.1. The van der Waals surface area contributed by atoms with Crippen LogP contribution in [0.1, 0.15) is 50.4 Å². The van der Waals surface area contributed by atoms with Crippen LogP contribution < -0.4 is 14.4 Å². The Balaban J connectivity index is 1.23. The summed E-state index contributed by atoms with van der Waals surface area (Å²) in [6.45, 7) is 3.33. The van der Waals surface area contributed by atoms with Crippen molar-refractivity contribution in [1.29, 1.82) is 0 Å². The van der Waals surface area contributed by atoms with Crippen LogP contribution in [0.15, 0.2) is 97.1 Å². The fourth-order valence-corrected chi connectivity index (χ4v) is 7.94. The molecule has 4 heterocycles. The molecule has 53 heavy (non-hydrogen) atoms. The summed E-state index contributed by atoms with van der Waals surface area (Å²) in [7, 11) is 3.77. The van der Waals surface area contributed by atoms with Crippen molar-refractivity contribution in [2.45, 2.75) is 44.8 Å². The number of fused-ring (bicyclic) bond motifs is 3. The van der Waals surface area contributed by atoms with Gasteiger partial charge in [-0.15, -0.1) is 0 Å². The van der Waals surface area contributed by atoms with Gasteiger partial charge in [0.2, 0.25) is 6.79 Å². The summed E-state index contributed by atoms with van der Waals surface area (Å²) >= 11 is 0. The average Bonchev–Trinajstić information content (AvgIpc) is 3.82. The molecular formula is C43H44N4O6. The molecule has 1 atom stereocenters. The molecule has 272 valence electrons. The molecule has 10 nitrogen and oxygen atoms in total. The predicted molar refractivity (Wildman–Crippen MR) is 203 cm³/mol. The average molecular weight is 713 g/mol. The first kappa shape index (κ1) is 34.5. The smallest absolute Gasteiger partial charge is 0.264 e. The Morgan fingerprint density at radius 3 is 2.36 bits per heavy atom. The Labute approximate surface area is 309 Å². The molecule has 4 aromatic carbocycles. The summed E-state index contributed by atoms with van der Waals surface area (Å²) in [6, 6.07) is 30.2. The van der Waals surface area contributed by atoms with Crippen LogP contribution in [0.4, 0.5) is 11.4 Å². The summed E-state index contributed by atoms with van der Waals surface area (Å²) in [5.41, 5.74) is 7.30. The Morgan fingerprint density at radius 1 is 0.868 bits per heavy atom. The summed E-state index contributed by atoms with van der Waals surface area (Å²) in [4.78, 5) is 35.9. The highest BCUT2D eigenvalue weighted by molar-refractivity contribution is 6.12. The highest BCUT2D eigenvalue weighted by Crippen LogP contribution is 2.43. The van der Waals surface area contributed by atoms with Crippen LogP contribution in [0, 0.1) is 0 Å². The molecule has 8 rings (SSSR count). The second kappa shape index (κ2) is 14.8. The third kappa shape index (κ3) is 6.76. The summed E-state index contributed by atoms with van der Waals surface area (Å²) in [5.74, 6) is 0.961. The van der Waals surface area contributed by atoms with E-state index < -0.39 is 0 Å². The number of aromatic nitrogens is 1. The van der Waals surface area contributed by atoms with Gasteiger partial charge in [0.15, 0.2) is 11.5 Å². The van der Waals surface area contributed by atoms with Crippen molar-refractivity contribution in [2.75, 3.05) is 45.5 Å². The maximum Gasteiger partial charge on any atom is 0.264 e. The lowest BCUT2D eigenvalue weighted by Crippen LogP contribution is -2.50. The first-order valence-corrected chi connectivity index (χ1v) is 18.3. The van der Waals surface area contributed by atoms with Crippen LogP contribution >= 0.6 is 0 Å². The molecule has 0 aliphatic carbocycles. The Morgan fingerprint density at radius 2 is 1.58 bits per heavy atom. The van der Waals surface area contributed by atoms with Crippen LogP contribution in [-0.2, 0) is 30.7 Å². The van der Waals surface area contributed by atoms with Gasteiger partial charge in [-0.25, -0.2) is 0 Å². The molecule has 0 radical (unpaired) electrons. The number of carbonyl (C=O) groups is 2. The Bertz CT molecular complexity index is 2130. The number of likely N-dealkylation sites (N-methyl/N-ethyl adjacent to an activating group) is 1. The Kier molecular flexibility index (Phi) is 9.64. The van der Waals surface area contributed by atoms with Gasteiger partial charge in [0.1, 0.15) is 5.75 Å². The number of hydrogen-bond acceptors (Lipinski definition) is 7. The number of carbonyl (C=O) groups excluding carboxylic acids is 2. The van der Waals surface area contributed by atoms with Gasteiger partial charge in [0.25, 0.3) is 11.8 Å². The van der Waals surface area contributed by atoms with E-state index >= 15 is 4.79 Å². The van der Waals surface area contributed by atoms with E-state index in [0.29, 0.717) is 65.8 Å². The molecule has 3 aliphatic heterocycles. The van der Waals surface area contributed by atoms with E-state index in [2.05, 4.69) is 34.7 Å². The monoisotopic (exact) mass is 712 g/mol. The minimum absolute atomic E-state index is 0.0689. The van der Waals surface area contributed by atoms with Gasteiger partial charge in [-0.05, 0) is 98.5 Å². The number of para-hydroxylation sites is 1. The zero-order valence-corrected chi connectivity index (χ0v) is 30.2. The quantitative estimate of drug-likeness (QED) is 0.166. The van der Waals surface area contributed by atoms with Gasteiger partial charge in [0.05, 0.1) is 17.7 Å². The van der Waals surface area contributed by atoms with Crippen molar-refractivity contribution in [1.82, 2.24) is 14.4 Å². The number of anilines is 2. The lowest BCUT2D eigenvalue weighted by atomic mass is 9.92. The number of rotatable bonds is 10. The van der Waals surface area contributed by atoms with Crippen molar-refractivity contribution in [3.8, 4) is 28.5 Å². The third-order valence-corrected chi connectivity index (χ3v) is 10.6. The molecular weight excluding hydrogens is 668 g/mol. The van der Waals surface area contributed by atoms with Crippen LogP contribution in [-0.4, -0.2) is 78.0 Å². The SMILES string of the molecule is COCCN(C)C[C@@H]1Cc2ccccc2CN1C(=O)c1cc2c(cc1-c1cc(C(=O)N(c3ccccc3)c3ccc(O)cc3)c3n1CCCC3)OCO2. The lowest BCUT2D eigenvalue weighted by molar-refractivity contribution is 0.0579. The summed E-state index contributed by atoms with van der Waals surface area (Å²) < 4.78 is 19.3. The van der Waals surface area contributed by atoms with E-state index in [1.54, 1.807) is 36.3 Å². The van der Waals surface area contributed by atoms with Gasteiger partial charge in [-0.1, -0.05) is 42.5 Å². The molecule has 0 spiro atoms. The fourth-order valence-electron chi connectivity index (χ4n) is 7.94. The Hall–Kier alpha value is -5.58. The lowest BCUT2D eigenvalue weighted by Gasteiger charge is -2.39. The number of aromatic hydroxyl groups is 1. The van der Waals surface area contributed by atoms with Crippen molar-refractivity contribution >= 4 is 23.2 Å². The van der Waals surface area contributed by atoms with Gasteiger partial charge >= 0.3 is 0 Å². The van der Waals surface area contributed by atoms with Gasteiger partial charge in [-0.3, -0.25) is 14.5 Å². The molecule has 1 N–H and O–H groups in total. The molecule has 0 saturated heterocycles. The molecule has 3 aliphatic rings. The maximum absolute atomic E-state index is 15.1. The number of amides is 2. The topological polar surface area (TPSA) is 96.7 Å². The summed E-state index contributed by atoms with van der Waals surface area (Å²) in [5, 5.41) is 10.1. The predicted octanol–water partition coefficient (Wildman–Crippen LogP) is 7.05. The first-order valence-electron chi connectivity index (χ1n) is 18.3. The van der Waals surface area contributed by atoms with Crippen LogP contribution in [0.2, 0.25) is 0 Å². The summed E-state index contributed by atoms with van der Waals surface area (Å²) in [6.07, 6.45) is 3.37. The molecule has 0 fully saturated rings. The largest absolute Gasteiger partial charge is 0.508 e. The standard InChI is InChI=1S/C43H44N4O6/c1-44(20-21-51-2)27-33-22-29-10-6-7-11-30(29)26-46(33)42(49)36-25-41-40(52-28-53-41)24-35(36)39-23-37(38-14-8-9-19-45(38)39)43(50)47(31-12-4-3-5-13-31)32-15-17-34(48)18-16-32/h3-7,10-13,15-18,23-25,33,48H,8-9,14,19-22,26-28H2,1-2H3/t33-/m0/s1. The highest BCUT2D eigenvalue weighted by atomic mass is 16.7. The highest BCUT2D eigenvalue weighted by Gasteiger charge is 2.35. The van der Waals surface area contributed by atoms with Crippen molar-refractivity contribution in [3.05, 3.63) is 125 Å². The molecule has 0 saturated carbocycles. The normalized spacial score (nSPS) is 16.0. The number of methoxy groups -OCH3 is 1. The van der Waals surface area contributed by atoms with Gasteiger partial charge < -0.3 is 33.7 Å². The van der Waals surface area contributed by atoms with Crippen molar-refractivity contribution in [3.63, 3.8) is 0 Å². The molecule has 5 aromatic rings. The zero-order valence-electron chi connectivity index (χ0n) is 30.2. The fraction of sp³-hybridized carbons (Fsp3) is 0.302. The molecule has 10 heteroatoms. The maximum atomic E-state index is 15.1. The second-order valence-electron chi connectivity index (χ2n) is 14.1. The molecule has 0 bridgehead atoms. The van der Waals surface area contributed by atoms with Crippen molar-refractivity contribution in [2.24, 2.45) is 0 Å². The van der Waals surface area contributed by atoms with Crippen LogP contribution in [0.25, 0.3) is 11.3 Å². The van der Waals surface area contributed by atoms with E-state index in [-0.39, 0.29) is 30.4 Å². The number of hydrogen-bond donors (Lipinski definition) is 1. The third-order valence-electron chi connectivity index (χ3n) is 10.6. The number of ether oxygens (including phenoxy) is 3. The van der Waals surface area contributed by atoms with E-state index in [1.807, 2.05) is 59.5 Å². The van der Waals surface area contributed by atoms with E-state index in [1.165, 1.54) is 5.56 Å². The zero-order chi connectivity index (χ0) is 36.5. The minimum atomic E-state index is -0.181. The number of nitrogens with zero attached hydrogens (tertiary/aromatic N) is 4. The number of benzene rings is 4. The van der Waals surface area contributed by atoms with E-state index in [9.17, 15) is 9.90 Å². The van der Waals surface area contributed by atoms with Crippen LogP contribution in [0.3, 0.4) is 0 Å². The van der Waals surface area contributed by atoms with Crippen molar-refractivity contribution < 1.29 is 28.9 Å². The van der Waals surface area contributed by atoms with Crippen LogP contribution in [0.5, 0.6) is 17.2 Å². The molecule has 2 amide bonds. The van der Waals surface area contributed by atoms with E-state index in [0.717, 1.165) is 49.2 Å². The number of phenols is 1. The molecule has 0 unspecified atom stereocenters. The van der Waals surface area contributed by atoms with Gasteiger partial charge in [-0.2, -0.15) is 0 Å². The van der Waals surface area contributed by atoms with E-state index in [4.69, 9.17) is 14.2 Å². The minimum Gasteiger partial charge on any atom is -0.508 e. The molecule has 1 aromatic heterocycles. The first-order chi connectivity index (χ1) is 25.9.